The lowest BCUT2D eigenvalue weighted by molar-refractivity contribution is 0.155. The molecule has 1 aliphatic heterocycles. The summed E-state index contributed by atoms with van der Waals surface area (Å²) in [5.74, 6) is 2.07. The lowest BCUT2D eigenvalue weighted by atomic mass is 9.77. The average molecular weight is 150 g/mol. The molecule has 3 aliphatic carbocycles. The van der Waals surface area contributed by atoms with Crippen molar-refractivity contribution in [3.05, 3.63) is 0 Å². The van der Waals surface area contributed by atoms with Gasteiger partial charge in [-0.25, -0.2) is 0 Å². The van der Waals surface area contributed by atoms with Gasteiger partial charge in [0.15, 0.2) is 0 Å². The highest BCUT2D eigenvalue weighted by molar-refractivity contribution is 5.20. The van der Waals surface area contributed by atoms with Crippen molar-refractivity contribution in [2.75, 3.05) is 0 Å². The van der Waals surface area contributed by atoms with E-state index in [1.54, 1.807) is 0 Å². The predicted octanol–water partition coefficient (Wildman–Crippen LogP) is 1.96. The molecule has 0 amide bonds. The maximum absolute atomic E-state index is 5.74. The SMILES string of the molecule is C1C[C@@H]2CC3CC2(C1)[C@@H]1O[C@H]31. The standard InChI is InChI=1S/C10H14O/c1-2-7-4-6-5-10(7,3-1)9-8(6)11-9/h6-9H,1-5H2/t6?,7-,8-,9-,10?/m1/s1. The van der Waals surface area contributed by atoms with Crippen LogP contribution in [0, 0.1) is 17.3 Å². The topological polar surface area (TPSA) is 12.5 Å². The van der Waals surface area contributed by atoms with Crippen LogP contribution in [0.1, 0.15) is 32.1 Å². The summed E-state index contributed by atoms with van der Waals surface area (Å²) in [5, 5.41) is 0. The zero-order valence-corrected chi connectivity index (χ0v) is 6.75. The van der Waals surface area contributed by atoms with E-state index in [1.807, 2.05) is 0 Å². The van der Waals surface area contributed by atoms with Gasteiger partial charge in [-0.3, -0.25) is 0 Å². The van der Waals surface area contributed by atoms with Crippen molar-refractivity contribution in [3.8, 4) is 0 Å². The maximum atomic E-state index is 5.74. The van der Waals surface area contributed by atoms with E-state index in [2.05, 4.69) is 0 Å². The highest BCUT2D eigenvalue weighted by atomic mass is 16.6. The molecule has 3 saturated carbocycles. The Bertz CT molecular complexity index is 225. The number of ether oxygens (including phenoxy) is 1. The third kappa shape index (κ3) is 0.438. The molecule has 4 fully saturated rings. The summed E-state index contributed by atoms with van der Waals surface area (Å²) in [6, 6.07) is 0. The Morgan fingerprint density at radius 2 is 2.36 bits per heavy atom. The van der Waals surface area contributed by atoms with Crippen LogP contribution in [-0.2, 0) is 4.74 Å². The summed E-state index contributed by atoms with van der Waals surface area (Å²) in [7, 11) is 0. The molecule has 4 aliphatic rings. The van der Waals surface area contributed by atoms with Crippen LogP contribution in [-0.4, -0.2) is 12.2 Å². The second-order valence-corrected chi connectivity index (χ2v) is 5.04. The van der Waals surface area contributed by atoms with E-state index >= 15 is 0 Å². The molecule has 1 saturated heterocycles. The maximum Gasteiger partial charge on any atom is 0.0903 e. The lowest BCUT2D eigenvalue weighted by Crippen LogP contribution is -2.26. The second-order valence-electron chi connectivity index (χ2n) is 5.04. The molecule has 0 N–H and O–H groups in total. The van der Waals surface area contributed by atoms with Crippen LogP contribution < -0.4 is 0 Å². The summed E-state index contributed by atoms with van der Waals surface area (Å²) < 4.78 is 5.74. The van der Waals surface area contributed by atoms with E-state index in [9.17, 15) is 0 Å². The monoisotopic (exact) mass is 150 g/mol. The Morgan fingerprint density at radius 1 is 1.36 bits per heavy atom. The van der Waals surface area contributed by atoms with Crippen LogP contribution in [0.25, 0.3) is 0 Å². The molecule has 1 nitrogen and oxygen atoms in total. The normalized spacial score (nSPS) is 69.8. The molecule has 0 aromatic rings. The number of rotatable bonds is 0. The molecule has 5 atom stereocenters. The Hall–Kier alpha value is -0.0400. The first-order valence-electron chi connectivity index (χ1n) is 5.06. The van der Waals surface area contributed by atoms with Crippen LogP contribution in [0.3, 0.4) is 0 Å². The Balaban J connectivity index is 1.87. The zero-order valence-electron chi connectivity index (χ0n) is 6.75. The minimum atomic E-state index is 0.731. The van der Waals surface area contributed by atoms with Crippen LogP contribution >= 0.6 is 0 Å². The molecule has 1 spiro atoms. The summed E-state index contributed by atoms with van der Waals surface area (Å²) in [5.41, 5.74) is 0.731. The van der Waals surface area contributed by atoms with Gasteiger partial charge < -0.3 is 4.74 Å². The van der Waals surface area contributed by atoms with Crippen molar-refractivity contribution < 1.29 is 4.74 Å². The van der Waals surface area contributed by atoms with Gasteiger partial charge in [-0.2, -0.15) is 0 Å². The molecule has 2 bridgehead atoms. The third-order valence-electron chi connectivity index (χ3n) is 4.79. The van der Waals surface area contributed by atoms with E-state index in [-0.39, 0.29) is 0 Å². The molecule has 60 valence electrons. The van der Waals surface area contributed by atoms with Crippen molar-refractivity contribution in [2.45, 2.75) is 44.3 Å². The first-order valence-corrected chi connectivity index (χ1v) is 5.06. The van der Waals surface area contributed by atoms with Crippen molar-refractivity contribution in [3.63, 3.8) is 0 Å². The highest BCUT2D eigenvalue weighted by Crippen LogP contribution is 2.71. The average Bonchev–Trinajstić information content (AvgIpc) is 2.48. The van der Waals surface area contributed by atoms with E-state index < -0.39 is 0 Å². The minimum Gasteiger partial charge on any atom is -0.369 e. The van der Waals surface area contributed by atoms with E-state index in [0.717, 1.165) is 29.5 Å². The summed E-state index contributed by atoms with van der Waals surface area (Å²) in [6.07, 6.45) is 9.04. The van der Waals surface area contributed by atoms with Gasteiger partial charge in [0.25, 0.3) is 0 Å². The number of hydrogen-bond acceptors (Lipinski definition) is 1. The van der Waals surface area contributed by atoms with Gasteiger partial charge in [-0.15, -0.1) is 0 Å². The largest absolute Gasteiger partial charge is 0.369 e. The van der Waals surface area contributed by atoms with E-state index in [4.69, 9.17) is 4.74 Å². The van der Waals surface area contributed by atoms with Gasteiger partial charge in [0.05, 0.1) is 12.2 Å². The smallest absolute Gasteiger partial charge is 0.0903 e. The molecule has 2 unspecified atom stereocenters. The first-order chi connectivity index (χ1) is 5.40. The van der Waals surface area contributed by atoms with Crippen molar-refractivity contribution in [1.29, 1.82) is 0 Å². The highest BCUT2D eigenvalue weighted by Gasteiger charge is 2.72. The van der Waals surface area contributed by atoms with Crippen LogP contribution in [0.5, 0.6) is 0 Å². The van der Waals surface area contributed by atoms with Crippen LogP contribution in [0.15, 0.2) is 0 Å². The lowest BCUT2D eigenvalue weighted by Gasteiger charge is -2.26. The fourth-order valence-corrected chi connectivity index (χ4v) is 4.41. The number of fused-ring (bicyclic) bond motifs is 3. The van der Waals surface area contributed by atoms with Crippen LogP contribution in [0.4, 0.5) is 0 Å². The van der Waals surface area contributed by atoms with Gasteiger partial charge >= 0.3 is 0 Å². The van der Waals surface area contributed by atoms with E-state index in [1.165, 1.54) is 32.1 Å². The summed E-state index contributed by atoms with van der Waals surface area (Å²) in [4.78, 5) is 0. The third-order valence-corrected chi connectivity index (χ3v) is 4.79. The summed E-state index contributed by atoms with van der Waals surface area (Å²) >= 11 is 0. The van der Waals surface area contributed by atoms with Crippen molar-refractivity contribution in [2.24, 2.45) is 17.3 Å². The Morgan fingerprint density at radius 3 is 3.27 bits per heavy atom. The molecular formula is C10H14O. The van der Waals surface area contributed by atoms with Gasteiger partial charge in [0.1, 0.15) is 0 Å². The molecular weight excluding hydrogens is 136 g/mol. The van der Waals surface area contributed by atoms with Gasteiger partial charge in [0, 0.05) is 5.41 Å². The molecule has 0 radical (unpaired) electrons. The second kappa shape index (κ2) is 1.39. The molecule has 11 heavy (non-hydrogen) atoms. The van der Waals surface area contributed by atoms with Gasteiger partial charge in [-0.05, 0) is 37.5 Å². The molecule has 0 aromatic heterocycles. The quantitative estimate of drug-likeness (QED) is 0.481. The summed E-state index contributed by atoms with van der Waals surface area (Å²) in [6.45, 7) is 0. The zero-order chi connectivity index (χ0) is 7.05. The predicted molar refractivity (Wildman–Crippen MR) is 41.2 cm³/mol. The fourth-order valence-electron chi connectivity index (χ4n) is 4.41. The minimum absolute atomic E-state index is 0.731. The van der Waals surface area contributed by atoms with Gasteiger partial charge in [-0.1, -0.05) is 6.42 Å². The molecule has 0 aromatic carbocycles. The fraction of sp³-hybridized carbons (Fsp3) is 1.00. The number of hydrogen-bond donors (Lipinski definition) is 0. The number of epoxide rings is 1. The Kier molecular flexibility index (Phi) is 0.706. The first kappa shape index (κ1) is 5.58. The van der Waals surface area contributed by atoms with E-state index in [0.29, 0.717) is 0 Å². The Labute approximate surface area is 67.1 Å². The van der Waals surface area contributed by atoms with Crippen molar-refractivity contribution in [1.82, 2.24) is 0 Å². The molecule has 1 heteroatoms. The van der Waals surface area contributed by atoms with Gasteiger partial charge in [0.2, 0.25) is 0 Å². The van der Waals surface area contributed by atoms with Crippen molar-refractivity contribution >= 4 is 0 Å². The van der Waals surface area contributed by atoms with Crippen LogP contribution in [0.2, 0.25) is 0 Å². The molecule has 4 rings (SSSR count). The molecule has 1 heterocycles.